The Labute approximate surface area is 173 Å². The fourth-order valence-corrected chi connectivity index (χ4v) is 4.43. The Kier molecular flexibility index (Phi) is 4.72. The number of fused-ring (bicyclic) bond motifs is 1. The zero-order valence-electron chi connectivity index (χ0n) is 16.2. The van der Waals surface area contributed by atoms with E-state index in [4.69, 9.17) is 4.42 Å². The molecule has 0 aliphatic heterocycles. The Balaban J connectivity index is 1.53. The van der Waals surface area contributed by atoms with Crippen molar-refractivity contribution >= 4 is 28.4 Å². The second kappa shape index (κ2) is 7.52. The summed E-state index contributed by atoms with van der Waals surface area (Å²) in [7, 11) is 0. The molecule has 0 saturated heterocycles. The van der Waals surface area contributed by atoms with Crippen LogP contribution >= 0.6 is 11.8 Å². The van der Waals surface area contributed by atoms with Crippen molar-refractivity contribution in [3.63, 3.8) is 0 Å². The number of Topliss-reactive ketones (excluding diaryl/α,β-unsaturated/α-hetero) is 1. The van der Waals surface area contributed by atoms with Gasteiger partial charge in [0.2, 0.25) is 5.89 Å². The highest BCUT2D eigenvalue weighted by Crippen LogP contribution is 2.40. The van der Waals surface area contributed by atoms with E-state index in [-0.39, 0.29) is 11.5 Å². The van der Waals surface area contributed by atoms with Crippen LogP contribution in [0.2, 0.25) is 0 Å². The number of thioether (sulfide) groups is 1. The van der Waals surface area contributed by atoms with Gasteiger partial charge in [-0.3, -0.25) is 4.79 Å². The minimum absolute atomic E-state index is 0.0726. The van der Waals surface area contributed by atoms with Gasteiger partial charge in [0.25, 0.3) is 5.22 Å². The molecule has 2 heterocycles. The predicted octanol–water partition coefficient (Wildman–Crippen LogP) is 5.56. The van der Waals surface area contributed by atoms with Gasteiger partial charge in [-0.15, -0.1) is 10.2 Å². The quantitative estimate of drug-likeness (QED) is 0.298. The average molecular weight is 404 g/mol. The monoisotopic (exact) mass is 403 g/mol. The van der Waals surface area contributed by atoms with Crippen LogP contribution in [0.5, 0.6) is 0 Å². The fourth-order valence-electron chi connectivity index (χ4n) is 3.78. The van der Waals surface area contributed by atoms with Crippen molar-refractivity contribution in [2.75, 3.05) is 5.75 Å². The van der Waals surface area contributed by atoms with E-state index in [0.29, 0.717) is 17.0 Å². The Morgan fingerprint density at radius 3 is 2.62 bits per heavy atom. The van der Waals surface area contributed by atoms with Crippen LogP contribution < -0.4 is 0 Å². The number of carbonyl (C=O) groups is 1. The van der Waals surface area contributed by atoms with E-state index in [1.165, 1.54) is 11.8 Å². The molecular weight excluding hydrogens is 382 g/mol. The number of rotatable bonds is 7. The van der Waals surface area contributed by atoms with Gasteiger partial charge < -0.3 is 8.98 Å². The number of carbonyl (C=O) groups excluding carboxylic acids is 1. The third kappa shape index (κ3) is 3.38. The van der Waals surface area contributed by atoms with E-state index in [0.717, 1.165) is 47.1 Å². The molecule has 0 N–H and O–H groups in total. The molecule has 0 spiro atoms. The van der Waals surface area contributed by atoms with Gasteiger partial charge in [0.1, 0.15) is 0 Å². The highest BCUT2D eigenvalue weighted by molar-refractivity contribution is 7.99. The first kappa shape index (κ1) is 18.2. The van der Waals surface area contributed by atoms with Gasteiger partial charge in [-0.25, -0.2) is 0 Å². The van der Waals surface area contributed by atoms with Crippen molar-refractivity contribution in [3.05, 3.63) is 66.1 Å². The second-order valence-corrected chi connectivity index (χ2v) is 8.17. The number of hydrogen-bond acceptors (Lipinski definition) is 5. The molecule has 0 bridgehead atoms. The SMILES string of the molecule is CCn1c(-c2ccccc2)c(C(=O)CSc2nnc(C3CC3)o2)c2ccccc21. The maximum Gasteiger partial charge on any atom is 0.277 e. The summed E-state index contributed by atoms with van der Waals surface area (Å²) < 4.78 is 7.93. The lowest BCUT2D eigenvalue weighted by molar-refractivity contribution is 0.102. The van der Waals surface area contributed by atoms with Crippen LogP contribution in [0.1, 0.15) is 41.9 Å². The van der Waals surface area contributed by atoms with E-state index in [1.807, 2.05) is 36.4 Å². The first-order valence-corrected chi connectivity index (χ1v) is 10.9. The topological polar surface area (TPSA) is 60.9 Å². The largest absolute Gasteiger partial charge is 0.416 e. The van der Waals surface area contributed by atoms with Crippen molar-refractivity contribution in [1.82, 2.24) is 14.8 Å². The van der Waals surface area contributed by atoms with Gasteiger partial charge in [0, 0.05) is 23.4 Å². The molecule has 1 aliphatic carbocycles. The van der Waals surface area contributed by atoms with Gasteiger partial charge in [-0.1, -0.05) is 60.3 Å². The highest BCUT2D eigenvalue weighted by Gasteiger charge is 2.30. The summed E-state index contributed by atoms with van der Waals surface area (Å²) >= 11 is 1.32. The molecule has 5 rings (SSSR count). The summed E-state index contributed by atoms with van der Waals surface area (Å²) in [6.45, 7) is 2.90. The number of ketones is 1. The van der Waals surface area contributed by atoms with Gasteiger partial charge >= 0.3 is 0 Å². The van der Waals surface area contributed by atoms with E-state index < -0.39 is 0 Å². The van der Waals surface area contributed by atoms with Crippen LogP contribution in [-0.2, 0) is 6.54 Å². The van der Waals surface area contributed by atoms with Crippen LogP contribution in [0.4, 0.5) is 0 Å². The molecule has 1 saturated carbocycles. The number of benzene rings is 2. The van der Waals surface area contributed by atoms with Gasteiger partial charge in [0.15, 0.2) is 5.78 Å². The molecule has 29 heavy (non-hydrogen) atoms. The molecule has 1 aliphatic rings. The van der Waals surface area contributed by atoms with Crippen LogP contribution in [0.15, 0.2) is 64.2 Å². The molecule has 5 nitrogen and oxygen atoms in total. The lowest BCUT2D eigenvalue weighted by atomic mass is 10.0. The molecule has 0 amide bonds. The molecule has 1 fully saturated rings. The van der Waals surface area contributed by atoms with Crippen molar-refractivity contribution in [1.29, 1.82) is 0 Å². The third-order valence-electron chi connectivity index (χ3n) is 5.29. The summed E-state index contributed by atoms with van der Waals surface area (Å²) in [5, 5.41) is 9.67. The molecule has 2 aromatic heterocycles. The molecule has 0 atom stereocenters. The Morgan fingerprint density at radius 1 is 1.10 bits per heavy atom. The van der Waals surface area contributed by atoms with Crippen molar-refractivity contribution in [2.24, 2.45) is 0 Å². The Hall–Kier alpha value is -2.86. The van der Waals surface area contributed by atoms with Crippen LogP contribution in [0.25, 0.3) is 22.2 Å². The number of aromatic nitrogens is 3. The summed E-state index contributed by atoms with van der Waals surface area (Å²) in [6.07, 6.45) is 2.23. The summed E-state index contributed by atoms with van der Waals surface area (Å²) in [6, 6.07) is 18.2. The van der Waals surface area contributed by atoms with E-state index >= 15 is 0 Å². The lowest BCUT2D eigenvalue weighted by Crippen LogP contribution is -2.06. The summed E-state index contributed by atoms with van der Waals surface area (Å²) in [5.41, 5.74) is 3.87. The summed E-state index contributed by atoms with van der Waals surface area (Å²) in [4.78, 5) is 13.4. The first-order chi connectivity index (χ1) is 14.3. The lowest BCUT2D eigenvalue weighted by Gasteiger charge is -2.10. The minimum atomic E-state index is 0.0726. The maximum absolute atomic E-state index is 13.4. The van der Waals surface area contributed by atoms with E-state index in [2.05, 4.69) is 39.9 Å². The maximum atomic E-state index is 13.4. The zero-order valence-corrected chi connectivity index (χ0v) is 17.0. The van der Waals surface area contributed by atoms with Crippen LogP contribution in [-0.4, -0.2) is 26.3 Å². The molecule has 146 valence electrons. The van der Waals surface area contributed by atoms with Crippen LogP contribution in [0, 0.1) is 0 Å². The first-order valence-electron chi connectivity index (χ1n) is 9.92. The normalized spacial score (nSPS) is 13.8. The van der Waals surface area contributed by atoms with Crippen molar-refractivity contribution in [2.45, 2.75) is 37.5 Å². The second-order valence-electron chi connectivity index (χ2n) is 7.24. The molecule has 2 aromatic carbocycles. The van der Waals surface area contributed by atoms with Crippen molar-refractivity contribution < 1.29 is 9.21 Å². The molecule has 0 unspecified atom stereocenters. The van der Waals surface area contributed by atoms with Crippen molar-refractivity contribution in [3.8, 4) is 11.3 Å². The highest BCUT2D eigenvalue weighted by atomic mass is 32.2. The number of nitrogens with zero attached hydrogens (tertiary/aromatic N) is 3. The Bertz CT molecular complexity index is 1180. The standard InChI is InChI=1S/C23H21N3O2S/c1-2-26-18-11-7-6-10-17(18)20(21(26)15-8-4-3-5-9-15)19(27)14-29-23-25-24-22(28-23)16-12-13-16/h3-11,16H,2,12-14H2,1H3. The smallest absolute Gasteiger partial charge is 0.277 e. The fraction of sp³-hybridized carbons (Fsp3) is 0.261. The minimum Gasteiger partial charge on any atom is -0.416 e. The van der Waals surface area contributed by atoms with E-state index in [1.54, 1.807) is 0 Å². The van der Waals surface area contributed by atoms with Gasteiger partial charge in [0.05, 0.1) is 17.0 Å². The third-order valence-corrected chi connectivity index (χ3v) is 6.11. The zero-order chi connectivity index (χ0) is 19.8. The van der Waals surface area contributed by atoms with Gasteiger partial charge in [-0.05, 0) is 31.4 Å². The molecule has 6 heteroatoms. The van der Waals surface area contributed by atoms with Gasteiger partial charge in [-0.2, -0.15) is 0 Å². The summed E-state index contributed by atoms with van der Waals surface area (Å²) in [5.74, 6) is 1.46. The number of para-hydroxylation sites is 1. The van der Waals surface area contributed by atoms with E-state index in [9.17, 15) is 4.79 Å². The average Bonchev–Trinajstić information content (AvgIpc) is 3.41. The number of aryl methyl sites for hydroxylation is 1. The molecule has 0 radical (unpaired) electrons. The molecular formula is C23H21N3O2S. The molecule has 4 aromatic rings. The number of hydrogen-bond donors (Lipinski definition) is 0. The predicted molar refractivity (Wildman–Crippen MR) is 114 cm³/mol. The Morgan fingerprint density at radius 2 is 1.86 bits per heavy atom. The van der Waals surface area contributed by atoms with Crippen LogP contribution in [0.3, 0.4) is 0 Å².